The second-order valence-electron chi connectivity index (χ2n) is 6.25. The molecule has 0 aliphatic heterocycles. The molecular weight excluding hydrogens is 328 g/mol. The summed E-state index contributed by atoms with van der Waals surface area (Å²) in [5.41, 5.74) is 3.67. The molecule has 0 aliphatic carbocycles. The SMILES string of the molecule is CCCCOC(=O)n1cc(Cn2nnc3ccccc32)c2ccccc21. The molecule has 0 unspecified atom stereocenters. The molecule has 0 N–H and O–H groups in total. The van der Waals surface area contributed by atoms with Gasteiger partial charge in [0.25, 0.3) is 0 Å². The van der Waals surface area contributed by atoms with Crippen LogP contribution in [-0.2, 0) is 11.3 Å². The molecule has 2 aromatic heterocycles. The number of fused-ring (bicyclic) bond motifs is 2. The summed E-state index contributed by atoms with van der Waals surface area (Å²) in [5.74, 6) is 0. The lowest BCUT2D eigenvalue weighted by Crippen LogP contribution is -2.13. The molecular formula is C20H20N4O2. The third kappa shape index (κ3) is 2.94. The van der Waals surface area contributed by atoms with Crippen LogP contribution in [0.15, 0.2) is 54.7 Å². The molecule has 0 bridgehead atoms. The van der Waals surface area contributed by atoms with E-state index in [-0.39, 0.29) is 6.09 Å². The zero-order chi connectivity index (χ0) is 17.9. The number of carbonyl (C=O) groups is 1. The molecule has 132 valence electrons. The molecule has 0 spiro atoms. The molecule has 26 heavy (non-hydrogen) atoms. The summed E-state index contributed by atoms with van der Waals surface area (Å²) < 4.78 is 8.82. The lowest BCUT2D eigenvalue weighted by atomic mass is 10.2. The third-order valence-electron chi connectivity index (χ3n) is 4.45. The summed E-state index contributed by atoms with van der Waals surface area (Å²) in [6.07, 6.45) is 3.35. The predicted molar refractivity (Wildman–Crippen MR) is 100 cm³/mol. The third-order valence-corrected chi connectivity index (χ3v) is 4.45. The Morgan fingerprint density at radius 2 is 1.85 bits per heavy atom. The molecule has 0 saturated heterocycles. The van der Waals surface area contributed by atoms with Gasteiger partial charge in [-0.25, -0.2) is 9.48 Å². The van der Waals surface area contributed by atoms with Crippen molar-refractivity contribution >= 4 is 28.0 Å². The Labute approximate surface area is 151 Å². The van der Waals surface area contributed by atoms with Gasteiger partial charge in [0.15, 0.2) is 0 Å². The van der Waals surface area contributed by atoms with Crippen molar-refractivity contribution in [2.75, 3.05) is 6.61 Å². The lowest BCUT2D eigenvalue weighted by Gasteiger charge is -2.05. The van der Waals surface area contributed by atoms with E-state index in [2.05, 4.69) is 17.2 Å². The minimum absolute atomic E-state index is 0.343. The summed E-state index contributed by atoms with van der Waals surface area (Å²) in [4.78, 5) is 12.5. The molecule has 0 radical (unpaired) electrons. The van der Waals surface area contributed by atoms with Gasteiger partial charge in [-0.3, -0.25) is 4.57 Å². The monoisotopic (exact) mass is 348 g/mol. The van der Waals surface area contributed by atoms with Gasteiger partial charge in [0.05, 0.1) is 24.2 Å². The highest BCUT2D eigenvalue weighted by atomic mass is 16.5. The number of hydrogen-bond acceptors (Lipinski definition) is 4. The number of rotatable bonds is 5. The van der Waals surface area contributed by atoms with Crippen LogP contribution in [0.5, 0.6) is 0 Å². The van der Waals surface area contributed by atoms with E-state index < -0.39 is 0 Å². The van der Waals surface area contributed by atoms with Crippen LogP contribution in [0.25, 0.3) is 21.9 Å². The summed E-state index contributed by atoms with van der Waals surface area (Å²) in [7, 11) is 0. The summed E-state index contributed by atoms with van der Waals surface area (Å²) in [6, 6.07) is 15.7. The van der Waals surface area contributed by atoms with Gasteiger partial charge < -0.3 is 4.74 Å². The highest BCUT2D eigenvalue weighted by Gasteiger charge is 2.15. The first-order valence-corrected chi connectivity index (χ1v) is 8.82. The van der Waals surface area contributed by atoms with Crippen molar-refractivity contribution in [2.24, 2.45) is 0 Å². The van der Waals surface area contributed by atoms with Gasteiger partial charge in [0.1, 0.15) is 5.52 Å². The van der Waals surface area contributed by atoms with E-state index in [1.54, 1.807) is 4.57 Å². The largest absolute Gasteiger partial charge is 0.449 e. The standard InChI is InChI=1S/C20H20N4O2/c1-2-3-12-26-20(25)23-13-15(16-8-4-6-10-18(16)23)14-24-19-11-7-5-9-17(19)21-22-24/h4-11,13H,2-3,12,14H2,1H3. The number of aromatic nitrogens is 4. The molecule has 6 heteroatoms. The van der Waals surface area contributed by atoms with Crippen LogP contribution in [-0.4, -0.2) is 32.3 Å². The number of carbonyl (C=O) groups excluding carboxylic acids is 1. The topological polar surface area (TPSA) is 61.9 Å². The number of hydrogen-bond donors (Lipinski definition) is 0. The van der Waals surface area contributed by atoms with Crippen LogP contribution < -0.4 is 0 Å². The quantitative estimate of drug-likeness (QED) is 0.507. The van der Waals surface area contributed by atoms with Gasteiger partial charge in [-0.1, -0.05) is 48.9 Å². The number of para-hydroxylation sites is 2. The van der Waals surface area contributed by atoms with E-state index in [1.165, 1.54) is 0 Å². The Kier molecular flexibility index (Phi) is 4.39. The molecule has 4 aromatic rings. The minimum Gasteiger partial charge on any atom is -0.449 e. The molecule has 0 saturated carbocycles. The van der Waals surface area contributed by atoms with E-state index >= 15 is 0 Å². The smallest absolute Gasteiger partial charge is 0.418 e. The Bertz CT molecular complexity index is 1060. The van der Waals surface area contributed by atoms with Crippen LogP contribution in [0.3, 0.4) is 0 Å². The van der Waals surface area contributed by atoms with Gasteiger partial charge in [-0.15, -0.1) is 5.10 Å². The number of unbranched alkanes of at least 4 members (excludes halogenated alkanes) is 1. The maximum atomic E-state index is 12.5. The van der Waals surface area contributed by atoms with E-state index in [0.717, 1.165) is 40.3 Å². The van der Waals surface area contributed by atoms with E-state index in [4.69, 9.17) is 4.74 Å². The first-order chi connectivity index (χ1) is 12.8. The van der Waals surface area contributed by atoms with Gasteiger partial charge in [0, 0.05) is 11.6 Å². The second-order valence-corrected chi connectivity index (χ2v) is 6.25. The van der Waals surface area contributed by atoms with Crippen molar-refractivity contribution < 1.29 is 9.53 Å². The highest BCUT2D eigenvalue weighted by Crippen LogP contribution is 2.23. The Balaban J connectivity index is 1.70. The second kappa shape index (κ2) is 7.00. The molecule has 0 fully saturated rings. The minimum atomic E-state index is -0.343. The van der Waals surface area contributed by atoms with Crippen molar-refractivity contribution in [1.82, 2.24) is 19.6 Å². The Morgan fingerprint density at radius 3 is 2.69 bits per heavy atom. The maximum Gasteiger partial charge on any atom is 0.418 e. The lowest BCUT2D eigenvalue weighted by molar-refractivity contribution is 0.147. The van der Waals surface area contributed by atoms with Crippen molar-refractivity contribution in [3.8, 4) is 0 Å². The molecule has 0 aliphatic rings. The average Bonchev–Trinajstić information content (AvgIpc) is 3.25. The summed E-state index contributed by atoms with van der Waals surface area (Å²) in [5, 5.41) is 9.47. The van der Waals surface area contributed by atoms with Gasteiger partial charge >= 0.3 is 6.09 Å². The van der Waals surface area contributed by atoms with E-state index in [1.807, 2.05) is 59.4 Å². The first kappa shape index (κ1) is 16.3. The normalized spacial score (nSPS) is 11.3. The average molecular weight is 348 g/mol. The van der Waals surface area contributed by atoms with Crippen molar-refractivity contribution in [2.45, 2.75) is 26.3 Å². The first-order valence-electron chi connectivity index (χ1n) is 8.82. The summed E-state index contributed by atoms with van der Waals surface area (Å²) >= 11 is 0. The van der Waals surface area contributed by atoms with Crippen molar-refractivity contribution in [3.63, 3.8) is 0 Å². The van der Waals surface area contributed by atoms with E-state index in [0.29, 0.717) is 13.2 Å². The van der Waals surface area contributed by atoms with Gasteiger partial charge in [-0.2, -0.15) is 0 Å². The molecule has 2 heterocycles. The fourth-order valence-electron chi connectivity index (χ4n) is 3.10. The molecule has 4 rings (SSSR count). The van der Waals surface area contributed by atoms with Crippen LogP contribution in [0, 0.1) is 0 Å². The molecule has 0 atom stereocenters. The van der Waals surface area contributed by atoms with E-state index in [9.17, 15) is 4.79 Å². The zero-order valence-corrected chi connectivity index (χ0v) is 14.6. The number of nitrogens with zero attached hydrogens (tertiary/aromatic N) is 4. The predicted octanol–water partition coefficient (Wildman–Crippen LogP) is 4.22. The van der Waals surface area contributed by atoms with Gasteiger partial charge in [0.2, 0.25) is 0 Å². The Hall–Kier alpha value is -3.15. The highest BCUT2D eigenvalue weighted by molar-refractivity contribution is 5.92. The van der Waals surface area contributed by atoms with Crippen molar-refractivity contribution in [3.05, 3.63) is 60.3 Å². The number of benzene rings is 2. The number of ether oxygens (including phenoxy) is 1. The zero-order valence-electron chi connectivity index (χ0n) is 14.6. The fourth-order valence-corrected chi connectivity index (χ4v) is 3.10. The van der Waals surface area contributed by atoms with Gasteiger partial charge in [-0.05, 0) is 30.2 Å². The fraction of sp³-hybridized carbons (Fsp3) is 0.250. The maximum absolute atomic E-state index is 12.5. The van der Waals surface area contributed by atoms with Crippen LogP contribution in [0.4, 0.5) is 4.79 Å². The Morgan fingerprint density at radius 1 is 1.08 bits per heavy atom. The molecule has 6 nitrogen and oxygen atoms in total. The van der Waals surface area contributed by atoms with Crippen LogP contribution >= 0.6 is 0 Å². The molecule has 0 amide bonds. The van der Waals surface area contributed by atoms with Crippen LogP contribution in [0.1, 0.15) is 25.3 Å². The summed E-state index contributed by atoms with van der Waals surface area (Å²) in [6.45, 7) is 3.04. The molecule has 2 aromatic carbocycles. The van der Waals surface area contributed by atoms with Crippen LogP contribution in [0.2, 0.25) is 0 Å². The van der Waals surface area contributed by atoms with Crippen molar-refractivity contribution in [1.29, 1.82) is 0 Å².